The third-order valence-electron chi connectivity index (χ3n) is 11.0. The van der Waals surface area contributed by atoms with Gasteiger partial charge in [-0.3, -0.25) is 0 Å². The van der Waals surface area contributed by atoms with Gasteiger partial charge in [0.25, 0.3) is 0 Å². The molecular weight excluding hydrogens is 372 g/mol. The van der Waals surface area contributed by atoms with Gasteiger partial charge < -0.3 is 15.3 Å². The van der Waals surface area contributed by atoms with Crippen LogP contribution in [-0.4, -0.2) is 33.1 Å². The second kappa shape index (κ2) is 8.03. The van der Waals surface area contributed by atoms with Crippen molar-refractivity contribution < 1.29 is 15.3 Å². The highest BCUT2D eigenvalue weighted by molar-refractivity contribution is 5.17. The Balaban J connectivity index is 1.53. The molecule has 4 rings (SSSR count). The Morgan fingerprint density at radius 3 is 2.33 bits per heavy atom. The molecule has 0 bridgehead atoms. The minimum atomic E-state index is -1.11. The molecule has 4 fully saturated rings. The first-order chi connectivity index (χ1) is 14.0. The highest BCUT2D eigenvalue weighted by Crippen LogP contribution is 2.69. The number of fused-ring (bicyclic) bond motifs is 5. The molecule has 30 heavy (non-hydrogen) atoms. The van der Waals surface area contributed by atoms with Crippen LogP contribution in [0.2, 0.25) is 0 Å². The monoisotopic (exact) mass is 420 g/mol. The summed E-state index contributed by atoms with van der Waals surface area (Å²) < 4.78 is 0. The lowest BCUT2D eigenvalue weighted by molar-refractivity contribution is -0.264. The van der Waals surface area contributed by atoms with Crippen molar-refractivity contribution in [2.24, 2.45) is 46.3 Å². The molecule has 0 aromatic heterocycles. The van der Waals surface area contributed by atoms with Gasteiger partial charge in [-0.1, -0.05) is 53.9 Å². The molecule has 0 amide bonds. The maximum Gasteiger partial charge on any atom is 0.0985 e. The van der Waals surface area contributed by atoms with Crippen LogP contribution in [0.1, 0.15) is 105 Å². The van der Waals surface area contributed by atoms with E-state index in [1.54, 1.807) is 0 Å². The predicted octanol–water partition coefficient (Wildman–Crippen LogP) is 5.55. The minimum absolute atomic E-state index is 0.253. The van der Waals surface area contributed by atoms with Crippen molar-refractivity contribution >= 4 is 0 Å². The van der Waals surface area contributed by atoms with Crippen molar-refractivity contribution in [3.63, 3.8) is 0 Å². The molecule has 174 valence electrons. The van der Waals surface area contributed by atoms with E-state index in [-0.39, 0.29) is 5.41 Å². The minimum Gasteiger partial charge on any atom is -0.393 e. The quantitative estimate of drug-likeness (QED) is 0.546. The Morgan fingerprint density at radius 2 is 1.63 bits per heavy atom. The first kappa shape index (κ1) is 23.1. The average molecular weight is 421 g/mol. The summed E-state index contributed by atoms with van der Waals surface area (Å²) in [5.74, 6) is 4.13. The van der Waals surface area contributed by atoms with Gasteiger partial charge in [-0.2, -0.15) is 0 Å². The van der Waals surface area contributed by atoms with E-state index in [0.29, 0.717) is 29.6 Å². The lowest BCUT2D eigenvalue weighted by Gasteiger charge is -2.65. The van der Waals surface area contributed by atoms with Gasteiger partial charge in [0, 0.05) is 11.8 Å². The van der Waals surface area contributed by atoms with Crippen LogP contribution in [0.3, 0.4) is 0 Å². The number of rotatable bonds is 5. The van der Waals surface area contributed by atoms with E-state index < -0.39 is 17.8 Å². The zero-order valence-corrected chi connectivity index (χ0v) is 20.2. The average Bonchev–Trinajstić information content (AvgIpc) is 3.01. The van der Waals surface area contributed by atoms with Crippen LogP contribution in [0.25, 0.3) is 0 Å². The Kier molecular flexibility index (Phi) is 6.17. The van der Waals surface area contributed by atoms with Crippen molar-refractivity contribution in [2.75, 3.05) is 0 Å². The first-order valence-electron chi connectivity index (χ1n) is 13.1. The third-order valence-corrected chi connectivity index (χ3v) is 11.0. The van der Waals surface area contributed by atoms with E-state index in [9.17, 15) is 15.3 Å². The fourth-order valence-electron chi connectivity index (χ4n) is 9.29. The first-order valence-corrected chi connectivity index (χ1v) is 13.1. The predicted molar refractivity (Wildman–Crippen MR) is 122 cm³/mol. The zero-order chi connectivity index (χ0) is 21.9. The van der Waals surface area contributed by atoms with Gasteiger partial charge in [0.2, 0.25) is 0 Å². The van der Waals surface area contributed by atoms with E-state index in [0.717, 1.165) is 37.0 Å². The Bertz CT molecular complexity index is 619. The maximum atomic E-state index is 11.6. The highest BCUT2D eigenvalue weighted by Gasteiger charge is 2.67. The van der Waals surface area contributed by atoms with Gasteiger partial charge in [-0.25, -0.2) is 0 Å². The van der Waals surface area contributed by atoms with E-state index in [1.807, 2.05) is 0 Å². The summed E-state index contributed by atoms with van der Waals surface area (Å²) >= 11 is 0. The lowest BCUT2D eigenvalue weighted by Crippen LogP contribution is -2.68. The fraction of sp³-hybridized carbons (Fsp3) is 1.00. The molecule has 0 aromatic rings. The van der Waals surface area contributed by atoms with Crippen molar-refractivity contribution in [1.82, 2.24) is 0 Å². The van der Waals surface area contributed by atoms with Crippen LogP contribution < -0.4 is 0 Å². The maximum absolute atomic E-state index is 11.6. The van der Waals surface area contributed by atoms with Crippen molar-refractivity contribution in [1.29, 1.82) is 0 Å². The topological polar surface area (TPSA) is 60.7 Å². The molecule has 1 unspecified atom stereocenters. The Morgan fingerprint density at radius 1 is 0.900 bits per heavy atom. The van der Waals surface area contributed by atoms with Gasteiger partial charge in [-0.05, 0) is 85.9 Å². The van der Waals surface area contributed by atoms with Crippen molar-refractivity contribution in [3.8, 4) is 0 Å². The van der Waals surface area contributed by atoms with Crippen LogP contribution in [0, 0.1) is 46.3 Å². The molecule has 3 heteroatoms. The van der Waals surface area contributed by atoms with Crippen molar-refractivity contribution in [3.05, 3.63) is 0 Å². The molecule has 3 nitrogen and oxygen atoms in total. The zero-order valence-electron chi connectivity index (χ0n) is 20.2. The van der Waals surface area contributed by atoms with Crippen LogP contribution in [0.5, 0.6) is 0 Å². The Hall–Kier alpha value is -0.120. The number of aliphatic hydroxyl groups is 3. The van der Waals surface area contributed by atoms with Gasteiger partial charge in [0.15, 0.2) is 0 Å². The highest BCUT2D eigenvalue weighted by atomic mass is 16.3. The number of aliphatic hydroxyl groups excluding tert-OH is 2. The summed E-state index contributed by atoms with van der Waals surface area (Å²) in [5, 5.41) is 33.0. The summed E-state index contributed by atoms with van der Waals surface area (Å²) in [7, 11) is 0. The molecule has 0 aromatic carbocycles. The van der Waals surface area contributed by atoms with Gasteiger partial charge >= 0.3 is 0 Å². The molecule has 4 aliphatic carbocycles. The second-order valence-corrected chi connectivity index (χ2v) is 12.9. The Labute approximate surface area is 185 Å². The summed E-state index contributed by atoms with van der Waals surface area (Å²) in [4.78, 5) is 0. The lowest BCUT2D eigenvalue weighted by atomic mass is 9.42. The summed E-state index contributed by atoms with van der Waals surface area (Å²) in [6, 6.07) is 0. The molecule has 0 radical (unpaired) electrons. The molecule has 4 aliphatic rings. The van der Waals surface area contributed by atoms with Crippen LogP contribution in [0.4, 0.5) is 0 Å². The molecule has 0 saturated heterocycles. The summed E-state index contributed by atoms with van der Waals surface area (Å²) in [5.41, 5.74) is -0.962. The third kappa shape index (κ3) is 3.41. The van der Waals surface area contributed by atoms with Gasteiger partial charge in [-0.15, -0.1) is 0 Å². The van der Waals surface area contributed by atoms with E-state index >= 15 is 0 Å². The van der Waals surface area contributed by atoms with Gasteiger partial charge in [0.05, 0.1) is 17.8 Å². The van der Waals surface area contributed by atoms with E-state index in [4.69, 9.17) is 0 Å². The SMILES string of the molecule is CC(C)CCC[C@@H](C)C1CC[C@H]2[C@@H]3C[C@@H](O)[C@@]4(O)C[C@@H](O)CC[C@]4(C)[C@H]3CC[C@]12C. The van der Waals surface area contributed by atoms with Crippen LogP contribution in [0.15, 0.2) is 0 Å². The van der Waals surface area contributed by atoms with Crippen molar-refractivity contribution in [2.45, 2.75) is 123 Å². The van der Waals surface area contributed by atoms with Crippen LogP contribution in [-0.2, 0) is 0 Å². The largest absolute Gasteiger partial charge is 0.393 e. The number of hydrogen-bond donors (Lipinski definition) is 3. The molecule has 10 atom stereocenters. The summed E-state index contributed by atoms with van der Waals surface area (Å²) in [6.07, 6.45) is 10.7. The smallest absolute Gasteiger partial charge is 0.0985 e. The molecular formula is C27H48O3. The molecule has 3 N–H and O–H groups in total. The molecule has 0 aliphatic heterocycles. The standard InChI is InChI=1S/C27H48O3/c1-17(2)7-6-8-18(3)21-9-10-22-20-15-24(29)27(30)16-19(28)11-14-26(27,5)23(20)12-13-25(21,22)4/h17-24,28-30H,6-16H2,1-5H3/t18-,19+,20+,21?,22+,23+,24-,25-,26-,27+/m1/s1. The van der Waals surface area contributed by atoms with Gasteiger partial charge in [0.1, 0.15) is 0 Å². The van der Waals surface area contributed by atoms with E-state index in [1.165, 1.54) is 44.9 Å². The molecule has 0 spiro atoms. The molecule has 4 saturated carbocycles. The normalized spacial score (nSPS) is 51.9. The van der Waals surface area contributed by atoms with Crippen LogP contribution >= 0.6 is 0 Å². The summed E-state index contributed by atoms with van der Waals surface area (Å²) in [6.45, 7) is 12.0. The molecule has 0 heterocycles. The number of hydrogen-bond acceptors (Lipinski definition) is 3. The fourth-order valence-corrected chi connectivity index (χ4v) is 9.29. The second-order valence-electron chi connectivity index (χ2n) is 12.9. The van der Waals surface area contributed by atoms with E-state index in [2.05, 4.69) is 34.6 Å².